The van der Waals surface area contributed by atoms with Crippen LogP contribution in [0.4, 0.5) is 0 Å². The molecule has 0 spiro atoms. The molecule has 5 heteroatoms. The number of pyridine rings is 1. The van der Waals surface area contributed by atoms with Gasteiger partial charge in [-0.25, -0.2) is 9.78 Å². The lowest BCUT2D eigenvalue weighted by atomic mass is 10.2. The molecule has 5 nitrogen and oxygen atoms in total. The van der Waals surface area contributed by atoms with Gasteiger partial charge in [-0.2, -0.15) is 0 Å². The lowest BCUT2D eigenvalue weighted by molar-refractivity contribution is 0.0503. The van der Waals surface area contributed by atoms with Gasteiger partial charge in [-0.1, -0.05) is 42.5 Å². The quantitative estimate of drug-likeness (QED) is 0.580. The molecule has 0 saturated heterocycles. The molecule has 0 aliphatic heterocycles. The number of nitrogens with one attached hydrogen (secondary N) is 1. The maximum absolute atomic E-state index is 12.1. The first-order chi connectivity index (χ1) is 11.7. The zero-order valence-electron chi connectivity index (χ0n) is 12.9. The lowest BCUT2D eigenvalue weighted by Crippen LogP contribution is -2.28. The van der Waals surface area contributed by atoms with Gasteiger partial charge in [0.2, 0.25) is 0 Å². The summed E-state index contributed by atoms with van der Waals surface area (Å²) < 4.78 is 5.11. The number of aromatic nitrogens is 1. The van der Waals surface area contributed by atoms with Crippen LogP contribution in [-0.4, -0.2) is 30.0 Å². The number of benzene rings is 2. The van der Waals surface area contributed by atoms with Crippen molar-refractivity contribution in [2.45, 2.75) is 0 Å². The third-order valence-corrected chi connectivity index (χ3v) is 3.46. The van der Waals surface area contributed by atoms with Crippen LogP contribution < -0.4 is 5.32 Å². The maximum Gasteiger partial charge on any atom is 0.338 e. The second kappa shape index (κ2) is 7.37. The fraction of sp³-hybridized carbons (Fsp3) is 0.105. The molecule has 2 aromatic carbocycles. The Kier molecular flexibility index (Phi) is 4.81. The molecule has 0 atom stereocenters. The number of hydrogen-bond acceptors (Lipinski definition) is 4. The average Bonchev–Trinajstić information content (AvgIpc) is 2.65. The molecule has 0 fully saturated rings. The first kappa shape index (κ1) is 15.7. The predicted molar refractivity (Wildman–Crippen MR) is 90.8 cm³/mol. The largest absolute Gasteiger partial charge is 0.460 e. The molecule has 3 aromatic rings. The van der Waals surface area contributed by atoms with Crippen molar-refractivity contribution in [3.8, 4) is 0 Å². The van der Waals surface area contributed by atoms with Crippen molar-refractivity contribution in [2.24, 2.45) is 0 Å². The van der Waals surface area contributed by atoms with E-state index in [2.05, 4.69) is 10.3 Å². The molecular formula is C19H16N2O3. The first-order valence-corrected chi connectivity index (χ1v) is 7.60. The van der Waals surface area contributed by atoms with Crippen molar-refractivity contribution in [2.75, 3.05) is 13.2 Å². The van der Waals surface area contributed by atoms with Gasteiger partial charge in [0, 0.05) is 5.39 Å². The SMILES string of the molecule is O=C(OCCNC(=O)c1ccc2ccccc2n1)c1ccccc1. The summed E-state index contributed by atoms with van der Waals surface area (Å²) in [5, 5.41) is 3.67. The topological polar surface area (TPSA) is 68.3 Å². The monoisotopic (exact) mass is 320 g/mol. The van der Waals surface area contributed by atoms with Crippen LogP contribution in [0.15, 0.2) is 66.7 Å². The highest BCUT2D eigenvalue weighted by molar-refractivity contribution is 5.94. The minimum Gasteiger partial charge on any atom is -0.460 e. The number of carbonyl (C=O) groups is 2. The van der Waals surface area contributed by atoms with Gasteiger partial charge in [-0.05, 0) is 24.3 Å². The second-order valence-electron chi connectivity index (χ2n) is 5.15. The van der Waals surface area contributed by atoms with Gasteiger partial charge >= 0.3 is 5.97 Å². The van der Waals surface area contributed by atoms with Gasteiger partial charge in [-0.15, -0.1) is 0 Å². The van der Waals surface area contributed by atoms with E-state index in [1.807, 2.05) is 36.4 Å². The number of nitrogens with zero attached hydrogens (tertiary/aromatic N) is 1. The Hall–Kier alpha value is -3.21. The van der Waals surface area contributed by atoms with Crippen molar-refractivity contribution in [3.05, 3.63) is 78.0 Å². The van der Waals surface area contributed by atoms with Crippen molar-refractivity contribution in [1.29, 1.82) is 0 Å². The van der Waals surface area contributed by atoms with Crippen molar-refractivity contribution < 1.29 is 14.3 Å². The maximum atomic E-state index is 12.1. The highest BCUT2D eigenvalue weighted by atomic mass is 16.5. The second-order valence-corrected chi connectivity index (χ2v) is 5.15. The molecule has 120 valence electrons. The van der Waals surface area contributed by atoms with Gasteiger partial charge in [0.25, 0.3) is 5.91 Å². The Balaban J connectivity index is 1.51. The minimum absolute atomic E-state index is 0.104. The van der Waals surface area contributed by atoms with Crippen LogP contribution in [0.5, 0.6) is 0 Å². The Morgan fingerprint density at radius 3 is 2.50 bits per heavy atom. The number of esters is 1. The van der Waals surface area contributed by atoms with E-state index < -0.39 is 5.97 Å². The molecule has 0 aliphatic rings. The lowest BCUT2D eigenvalue weighted by Gasteiger charge is -2.07. The summed E-state index contributed by atoms with van der Waals surface area (Å²) in [7, 11) is 0. The zero-order valence-corrected chi connectivity index (χ0v) is 12.9. The summed E-state index contributed by atoms with van der Waals surface area (Å²) in [6.07, 6.45) is 0. The van der Waals surface area contributed by atoms with Crippen LogP contribution in [0.3, 0.4) is 0 Å². The summed E-state index contributed by atoms with van der Waals surface area (Å²) in [6, 6.07) is 19.8. The van der Waals surface area contributed by atoms with E-state index in [1.54, 1.807) is 30.3 Å². The van der Waals surface area contributed by atoms with Gasteiger partial charge in [0.1, 0.15) is 12.3 Å². The van der Waals surface area contributed by atoms with Crippen molar-refractivity contribution in [1.82, 2.24) is 10.3 Å². The van der Waals surface area contributed by atoms with Crippen LogP contribution >= 0.6 is 0 Å². The van der Waals surface area contributed by atoms with E-state index in [9.17, 15) is 9.59 Å². The smallest absolute Gasteiger partial charge is 0.338 e. The number of ether oxygens (including phenoxy) is 1. The van der Waals surface area contributed by atoms with E-state index in [0.717, 1.165) is 10.9 Å². The Bertz CT molecular complexity index is 863. The number of fused-ring (bicyclic) bond motifs is 1. The molecule has 3 rings (SSSR count). The summed E-state index contributed by atoms with van der Waals surface area (Å²) >= 11 is 0. The normalized spacial score (nSPS) is 10.3. The van der Waals surface area contributed by atoms with Crippen LogP contribution in [0.25, 0.3) is 10.9 Å². The summed E-state index contributed by atoms with van der Waals surface area (Å²) in [4.78, 5) is 28.2. The van der Waals surface area contributed by atoms with Gasteiger partial charge < -0.3 is 10.1 Å². The predicted octanol–water partition coefficient (Wildman–Crippen LogP) is 2.82. The van der Waals surface area contributed by atoms with Crippen LogP contribution in [0, 0.1) is 0 Å². The Morgan fingerprint density at radius 2 is 1.67 bits per heavy atom. The van der Waals surface area contributed by atoms with E-state index in [0.29, 0.717) is 11.3 Å². The average molecular weight is 320 g/mol. The number of hydrogen-bond donors (Lipinski definition) is 1. The molecular weight excluding hydrogens is 304 g/mol. The fourth-order valence-electron chi connectivity index (χ4n) is 2.25. The molecule has 0 saturated carbocycles. The molecule has 0 aliphatic carbocycles. The van der Waals surface area contributed by atoms with E-state index in [4.69, 9.17) is 4.74 Å². The molecule has 1 amide bonds. The van der Waals surface area contributed by atoms with Crippen LogP contribution in [0.1, 0.15) is 20.8 Å². The molecule has 1 aromatic heterocycles. The third kappa shape index (κ3) is 3.76. The minimum atomic E-state index is -0.409. The van der Waals surface area contributed by atoms with Gasteiger partial charge in [0.15, 0.2) is 0 Å². The van der Waals surface area contributed by atoms with Gasteiger partial charge in [0.05, 0.1) is 17.6 Å². The van der Waals surface area contributed by atoms with Crippen molar-refractivity contribution >= 4 is 22.8 Å². The third-order valence-electron chi connectivity index (χ3n) is 3.46. The number of rotatable bonds is 5. The van der Waals surface area contributed by atoms with Crippen LogP contribution in [0.2, 0.25) is 0 Å². The van der Waals surface area contributed by atoms with E-state index >= 15 is 0 Å². The Labute approximate surface area is 139 Å². The molecule has 0 unspecified atom stereocenters. The fourth-order valence-corrected chi connectivity index (χ4v) is 2.25. The highest BCUT2D eigenvalue weighted by Gasteiger charge is 2.09. The standard InChI is InChI=1S/C19H16N2O3/c22-18(17-11-10-14-6-4-5-9-16(14)21-17)20-12-13-24-19(23)15-7-2-1-3-8-15/h1-11H,12-13H2,(H,20,22). The van der Waals surface area contributed by atoms with Gasteiger partial charge in [-0.3, -0.25) is 4.79 Å². The van der Waals surface area contributed by atoms with Crippen molar-refractivity contribution in [3.63, 3.8) is 0 Å². The first-order valence-electron chi connectivity index (χ1n) is 7.60. The Morgan fingerprint density at radius 1 is 0.917 bits per heavy atom. The molecule has 24 heavy (non-hydrogen) atoms. The molecule has 1 N–H and O–H groups in total. The summed E-state index contributed by atoms with van der Waals surface area (Å²) in [5.41, 5.74) is 1.59. The number of amides is 1. The highest BCUT2D eigenvalue weighted by Crippen LogP contribution is 2.11. The summed E-state index contributed by atoms with van der Waals surface area (Å²) in [5.74, 6) is -0.704. The molecule has 1 heterocycles. The van der Waals surface area contributed by atoms with E-state index in [-0.39, 0.29) is 19.1 Å². The van der Waals surface area contributed by atoms with E-state index in [1.165, 1.54) is 0 Å². The number of para-hydroxylation sites is 1. The molecule has 0 bridgehead atoms. The zero-order chi connectivity index (χ0) is 16.8. The summed E-state index contributed by atoms with van der Waals surface area (Å²) in [6.45, 7) is 0.332. The van der Waals surface area contributed by atoms with Crippen LogP contribution in [-0.2, 0) is 4.74 Å². The molecule has 0 radical (unpaired) electrons. The number of carbonyl (C=O) groups excluding carboxylic acids is 2.